The number of piperazine rings is 1. The van der Waals surface area contributed by atoms with Crippen molar-refractivity contribution in [2.75, 3.05) is 44.7 Å². The summed E-state index contributed by atoms with van der Waals surface area (Å²) in [4.78, 5) is 17.4. The Bertz CT molecular complexity index is 877. The van der Waals surface area contributed by atoms with Crippen molar-refractivity contribution in [3.63, 3.8) is 0 Å². The van der Waals surface area contributed by atoms with Crippen LogP contribution in [-0.2, 0) is 4.79 Å². The van der Waals surface area contributed by atoms with Crippen LogP contribution in [0.3, 0.4) is 0 Å². The molecule has 2 aromatic rings. The van der Waals surface area contributed by atoms with Crippen molar-refractivity contribution in [1.82, 2.24) is 10.2 Å². The Morgan fingerprint density at radius 3 is 2.40 bits per heavy atom. The molecule has 0 unspecified atom stereocenters. The SMILES string of the molecule is CC(C)C[C@H](C(=O)NCC#N)c1cccc(-c2ccc(N3CCN(C)CC3)cc2)c1. The molecule has 30 heavy (non-hydrogen) atoms. The van der Waals surface area contributed by atoms with Gasteiger partial charge in [-0.3, -0.25) is 4.79 Å². The maximum atomic E-state index is 12.7. The van der Waals surface area contributed by atoms with Crippen LogP contribution in [0.15, 0.2) is 48.5 Å². The minimum atomic E-state index is -0.247. The molecule has 3 rings (SSSR count). The zero-order chi connectivity index (χ0) is 21.5. The average molecular weight is 405 g/mol. The Morgan fingerprint density at radius 2 is 1.77 bits per heavy atom. The van der Waals surface area contributed by atoms with E-state index in [-0.39, 0.29) is 18.4 Å². The summed E-state index contributed by atoms with van der Waals surface area (Å²) in [6.07, 6.45) is 0.753. The van der Waals surface area contributed by atoms with Crippen LogP contribution in [0.25, 0.3) is 11.1 Å². The van der Waals surface area contributed by atoms with Crippen molar-refractivity contribution < 1.29 is 4.79 Å². The molecule has 0 radical (unpaired) electrons. The zero-order valence-corrected chi connectivity index (χ0v) is 18.3. The molecule has 1 aliphatic heterocycles. The van der Waals surface area contributed by atoms with Crippen LogP contribution in [0.5, 0.6) is 0 Å². The minimum Gasteiger partial charge on any atom is -0.369 e. The first kappa shape index (κ1) is 21.9. The molecular weight excluding hydrogens is 372 g/mol. The number of nitrogens with one attached hydrogen (secondary N) is 1. The van der Waals surface area contributed by atoms with E-state index in [1.807, 2.05) is 18.2 Å². The van der Waals surface area contributed by atoms with E-state index in [4.69, 9.17) is 5.26 Å². The molecule has 0 aliphatic carbocycles. The van der Waals surface area contributed by atoms with Gasteiger partial charge in [-0.2, -0.15) is 5.26 Å². The Hall–Kier alpha value is -2.84. The van der Waals surface area contributed by atoms with Gasteiger partial charge in [0.25, 0.3) is 0 Å². The van der Waals surface area contributed by atoms with Gasteiger partial charge in [0.15, 0.2) is 0 Å². The average Bonchev–Trinajstić information content (AvgIpc) is 2.76. The number of rotatable bonds is 7. The second-order valence-electron chi connectivity index (χ2n) is 8.52. The summed E-state index contributed by atoms with van der Waals surface area (Å²) in [5.41, 5.74) is 4.52. The zero-order valence-electron chi connectivity index (χ0n) is 18.3. The van der Waals surface area contributed by atoms with Crippen LogP contribution in [0.4, 0.5) is 5.69 Å². The molecule has 0 saturated carbocycles. The molecule has 1 heterocycles. The van der Waals surface area contributed by atoms with E-state index < -0.39 is 0 Å². The van der Waals surface area contributed by atoms with Crippen molar-refractivity contribution in [1.29, 1.82) is 5.26 Å². The topological polar surface area (TPSA) is 59.4 Å². The van der Waals surface area contributed by atoms with Gasteiger partial charge in [0, 0.05) is 31.9 Å². The fourth-order valence-electron chi connectivity index (χ4n) is 3.98. The van der Waals surface area contributed by atoms with Gasteiger partial charge in [0.2, 0.25) is 5.91 Å². The van der Waals surface area contributed by atoms with Gasteiger partial charge in [-0.1, -0.05) is 50.2 Å². The Kier molecular flexibility index (Phi) is 7.48. The van der Waals surface area contributed by atoms with Gasteiger partial charge >= 0.3 is 0 Å². The van der Waals surface area contributed by atoms with Crippen LogP contribution in [0.2, 0.25) is 0 Å². The molecule has 1 saturated heterocycles. The van der Waals surface area contributed by atoms with Gasteiger partial charge in [-0.05, 0) is 48.2 Å². The molecular formula is C25H32N4O. The lowest BCUT2D eigenvalue weighted by Gasteiger charge is -2.34. The van der Waals surface area contributed by atoms with Crippen molar-refractivity contribution >= 4 is 11.6 Å². The number of anilines is 1. The van der Waals surface area contributed by atoms with E-state index in [2.05, 4.69) is 72.4 Å². The number of nitriles is 1. The second-order valence-corrected chi connectivity index (χ2v) is 8.52. The maximum Gasteiger partial charge on any atom is 0.228 e. The van der Waals surface area contributed by atoms with Gasteiger partial charge in [-0.25, -0.2) is 0 Å². The Morgan fingerprint density at radius 1 is 1.07 bits per heavy atom. The summed E-state index contributed by atoms with van der Waals surface area (Å²) >= 11 is 0. The molecule has 1 amide bonds. The molecule has 0 aromatic heterocycles. The lowest BCUT2D eigenvalue weighted by atomic mass is 9.88. The highest BCUT2D eigenvalue weighted by molar-refractivity contribution is 5.84. The summed E-state index contributed by atoms with van der Waals surface area (Å²) in [7, 11) is 2.17. The smallest absolute Gasteiger partial charge is 0.228 e. The number of amides is 1. The number of benzene rings is 2. The van der Waals surface area contributed by atoms with E-state index >= 15 is 0 Å². The molecule has 5 heteroatoms. The number of hydrogen-bond acceptors (Lipinski definition) is 4. The van der Waals surface area contributed by atoms with E-state index in [0.717, 1.165) is 49.3 Å². The normalized spacial score (nSPS) is 15.6. The summed E-state index contributed by atoms with van der Waals surface area (Å²) in [6.45, 7) is 8.57. The van der Waals surface area contributed by atoms with Crippen LogP contribution in [0, 0.1) is 17.2 Å². The van der Waals surface area contributed by atoms with Crippen molar-refractivity contribution in [2.45, 2.75) is 26.2 Å². The number of carbonyl (C=O) groups excluding carboxylic acids is 1. The third-order valence-corrected chi connectivity index (χ3v) is 5.72. The van der Waals surface area contributed by atoms with Crippen LogP contribution >= 0.6 is 0 Å². The summed E-state index contributed by atoms with van der Waals surface area (Å²) < 4.78 is 0. The molecule has 1 atom stereocenters. The summed E-state index contributed by atoms with van der Waals surface area (Å²) in [5, 5.41) is 11.5. The fraction of sp³-hybridized carbons (Fsp3) is 0.440. The first-order valence-corrected chi connectivity index (χ1v) is 10.8. The predicted molar refractivity (Wildman–Crippen MR) is 122 cm³/mol. The Balaban J connectivity index is 1.79. The molecule has 1 fully saturated rings. The summed E-state index contributed by atoms with van der Waals surface area (Å²) in [6, 6.07) is 18.9. The minimum absolute atomic E-state index is 0.0425. The Labute approximate surface area is 180 Å². The molecule has 1 N–H and O–H groups in total. The van der Waals surface area contributed by atoms with Gasteiger partial charge in [0.1, 0.15) is 6.54 Å². The molecule has 5 nitrogen and oxygen atoms in total. The fourth-order valence-corrected chi connectivity index (χ4v) is 3.98. The lowest BCUT2D eigenvalue weighted by Crippen LogP contribution is -2.44. The molecule has 0 spiro atoms. The number of carbonyl (C=O) groups is 1. The van der Waals surface area contributed by atoms with Crippen LogP contribution in [0.1, 0.15) is 31.7 Å². The van der Waals surface area contributed by atoms with E-state index in [9.17, 15) is 4.79 Å². The van der Waals surface area contributed by atoms with Crippen molar-refractivity contribution in [2.24, 2.45) is 5.92 Å². The summed E-state index contributed by atoms with van der Waals surface area (Å²) in [5.74, 6) is 0.0603. The third-order valence-electron chi connectivity index (χ3n) is 5.72. The largest absolute Gasteiger partial charge is 0.369 e. The molecule has 2 aromatic carbocycles. The van der Waals surface area contributed by atoms with Crippen molar-refractivity contribution in [3.8, 4) is 17.2 Å². The highest BCUT2D eigenvalue weighted by atomic mass is 16.1. The number of likely N-dealkylation sites (N-methyl/N-ethyl adjacent to an activating group) is 1. The number of hydrogen-bond donors (Lipinski definition) is 1. The highest BCUT2D eigenvalue weighted by Gasteiger charge is 2.22. The van der Waals surface area contributed by atoms with Gasteiger partial charge in [-0.15, -0.1) is 0 Å². The van der Waals surface area contributed by atoms with Crippen LogP contribution in [-0.4, -0.2) is 50.6 Å². The van der Waals surface area contributed by atoms with Gasteiger partial charge in [0.05, 0.1) is 12.0 Å². The first-order valence-electron chi connectivity index (χ1n) is 10.8. The van der Waals surface area contributed by atoms with E-state index in [1.165, 1.54) is 5.69 Å². The van der Waals surface area contributed by atoms with Gasteiger partial charge < -0.3 is 15.1 Å². The molecule has 1 aliphatic rings. The number of nitrogens with zero attached hydrogens (tertiary/aromatic N) is 3. The first-order chi connectivity index (χ1) is 14.5. The van der Waals surface area contributed by atoms with Crippen molar-refractivity contribution in [3.05, 3.63) is 54.1 Å². The quantitative estimate of drug-likeness (QED) is 0.712. The van der Waals surface area contributed by atoms with E-state index in [1.54, 1.807) is 0 Å². The van der Waals surface area contributed by atoms with E-state index in [0.29, 0.717) is 5.92 Å². The monoisotopic (exact) mass is 404 g/mol. The van der Waals surface area contributed by atoms with Crippen LogP contribution < -0.4 is 10.2 Å². The molecule has 158 valence electrons. The second kappa shape index (κ2) is 10.3. The third kappa shape index (κ3) is 5.61. The lowest BCUT2D eigenvalue weighted by molar-refractivity contribution is -0.122. The predicted octanol–water partition coefficient (Wildman–Crippen LogP) is 3.87. The standard InChI is InChI=1S/C25H32N4O/c1-19(2)17-24(25(30)27-12-11-26)22-6-4-5-21(18-22)20-7-9-23(10-8-20)29-15-13-28(3)14-16-29/h4-10,18-19,24H,12-17H2,1-3H3,(H,27,30)/t24-/m0/s1. The highest BCUT2D eigenvalue weighted by Crippen LogP contribution is 2.29. The molecule has 0 bridgehead atoms. The maximum absolute atomic E-state index is 12.7.